The van der Waals surface area contributed by atoms with Gasteiger partial charge in [0.05, 0.1) is 6.61 Å². The lowest BCUT2D eigenvalue weighted by Gasteiger charge is -2.57. The van der Waals surface area contributed by atoms with Crippen LogP contribution in [0.5, 0.6) is 0 Å². The number of fused-ring (bicyclic) bond motifs is 1. The first-order chi connectivity index (χ1) is 10.0. The van der Waals surface area contributed by atoms with Gasteiger partial charge in [0.15, 0.2) is 0 Å². The van der Waals surface area contributed by atoms with Crippen LogP contribution in [0, 0.1) is 17.3 Å². The van der Waals surface area contributed by atoms with E-state index in [0.29, 0.717) is 12.0 Å². The van der Waals surface area contributed by atoms with Gasteiger partial charge in [0.1, 0.15) is 6.04 Å². The molecule has 4 aliphatic rings. The standard InChI is InChI=1S/C18H29NO2/c1-4-21-17(20)16-7-5-6-10-19(16)12-13-8-9-14-11-15(13)18(14,2)3/h8,14-16H,4-7,9-12H2,1-3H3. The molecule has 3 nitrogen and oxygen atoms in total. The van der Waals surface area contributed by atoms with Crippen molar-refractivity contribution in [1.82, 2.24) is 4.90 Å². The molecule has 118 valence electrons. The maximum Gasteiger partial charge on any atom is 0.323 e. The zero-order valence-corrected chi connectivity index (χ0v) is 13.7. The SMILES string of the molecule is CCOC(=O)C1CCCCN1CC1=CCC2CC1C2(C)C. The highest BCUT2D eigenvalue weighted by atomic mass is 16.5. The minimum absolute atomic E-state index is 0.0134. The van der Waals surface area contributed by atoms with Crippen LogP contribution in [0.1, 0.15) is 52.9 Å². The second kappa shape index (κ2) is 5.75. The predicted octanol–water partition coefficient (Wildman–Crippen LogP) is 3.40. The highest BCUT2D eigenvalue weighted by molar-refractivity contribution is 5.76. The Morgan fingerprint density at radius 3 is 2.90 bits per heavy atom. The maximum absolute atomic E-state index is 12.2. The van der Waals surface area contributed by atoms with Gasteiger partial charge in [-0.1, -0.05) is 31.9 Å². The lowest BCUT2D eigenvalue weighted by atomic mass is 9.49. The third-order valence-electron chi connectivity index (χ3n) is 6.14. The number of allylic oxidation sites excluding steroid dienone is 1. The van der Waals surface area contributed by atoms with E-state index < -0.39 is 0 Å². The fraction of sp³-hybridized carbons (Fsp3) is 0.833. The van der Waals surface area contributed by atoms with Crippen LogP contribution in [0.25, 0.3) is 0 Å². The first-order valence-corrected chi connectivity index (χ1v) is 8.63. The molecule has 3 heteroatoms. The summed E-state index contributed by atoms with van der Waals surface area (Å²) in [7, 11) is 0. The Labute approximate surface area is 128 Å². The Morgan fingerprint density at radius 2 is 2.24 bits per heavy atom. The first kappa shape index (κ1) is 15.1. The van der Waals surface area contributed by atoms with Crippen LogP contribution >= 0.6 is 0 Å². The molecule has 2 fully saturated rings. The van der Waals surface area contributed by atoms with E-state index in [9.17, 15) is 4.79 Å². The highest BCUT2D eigenvalue weighted by Crippen LogP contribution is 2.59. The number of piperidine rings is 1. The molecule has 3 atom stereocenters. The van der Waals surface area contributed by atoms with E-state index in [4.69, 9.17) is 4.74 Å². The van der Waals surface area contributed by atoms with Crippen molar-refractivity contribution in [3.05, 3.63) is 11.6 Å². The van der Waals surface area contributed by atoms with Crippen molar-refractivity contribution in [3.8, 4) is 0 Å². The molecular weight excluding hydrogens is 262 g/mol. The van der Waals surface area contributed by atoms with Crippen LogP contribution in [0.4, 0.5) is 0 Å². The zero-order valence-electron chi connectivity index (χ0n) is 13.7. The molecule has 1 saturated carbocycles. The molecule has 4 rings (SSSR count). The van der Waals surface area contributed by atoms with Crippen molar-refractivity contribution in [2.45, 2.75) is 58.9 Å². The molecule has 0 spiro atoms. The summed E-state index contributed by atoms with van der Waals surface area (Å²) in [6.45, 7) is 9.23. The zero-order chi connectivity index (χ0) is 15.0. The third-order valence-corrected chi connectivity index (χ3v) is 6.14. The minimum atomic E-state index is -0.0145. The van der Waals surface area contributed by atoms with E-state index in [1.165, 1.54) is 19.3 Å². The second-order valence-electron chi connectivity index (χ2n) is 7.56. The Kier molecular flexibility index (Phi) is 4.13. The summed E-state index contributed by atoms with van der Waals surface area (Å²) >= 11 is 0. The van der Waals surface area contributed by atoms with Gasteiger partial charge in [-0.25, -0.2) is 0 Å². The molecule has 3 unspecified atom stereocenters. The van der Waals surface area contributed by atoms with Gasteiger partial charge in [0.2, 0.25) is 0 Å². The summed E-state index contributed by atoms with van der Waals surface area (Å²) in [5, 5.41) is 0. The maximum atomic E-state index is 12.2. The fourth-order valence-electron chi connectivity index (χ4n) is 4.58. The van der Waals surface area contributed by atoms with Crippen LogP contribution in [0.15, 0.2) is 11.6 Å². The molecule has 3 aliphatic carbocycles. The molecule has 21 heavy (non-hydrogen) atoms. The van der Waals surface area contributed by atoms with Crippen molar-refractivity contribution in [2.24, 2.45) is 17.3 Å². The largest absolute Gasteiger partial charge is 0.465 e. The summed E-state index contributed by atoms with van der Waals surface area (Å²) in [5.74, 6) is 1.61. The molecule has 0 aromatic heterocycles. The summed E-state index contributed by atoms with van der Waals surface area (Å²) < 4.78 is 5.28. The Bertz CT molecular complexity index is 440. The molecule has 0 amide bonds. The number of hydrogen-bond acceptors (Lipinski definition) is 3. The van der Waals surface area contributed by atoms with Gasteiger partial charge >= 0.3 is 5.97 Å². The van der Waals surface area contributed by atoms with Gasteiger partial charge in [-0.3, -0.25) is 9.69 Å². The van der Waals surface area contributed by atoms with Crippen LogP contribution in [0.2, 0.25) is 0 Å². The van der Waals surface area contributed by atoms with Crippen LogP contribution in [-0.4, -0.2) is 36.6 Å². The Hall–Kier alpha value is -0.830. The van der Waals surface area contributed by atoms with Crippen molar-refractivity contribution in [2.75, 3.05) is 19.7 Å². The lowest BCUT2D eigenvalue weighted by Crippen LogP contribution is -2.52. The average molecular weight is 291 g/mol. The molecule has 0 radical (unpaired) electrons. The minimum Gasteiger partial charge on any atom is -0.465 e. The van der Waals surface area contributed by atoms with Crippen LogP contribution < -0.4 is 0 Å². The molecule has 2 bridgehead atoms. The molecular formula is C18H29NO2. The molecule has 1 aliphatic heterocycles. The number of ether oxygens (including phenoxy) is 1. The van der Waals surface area contributed by atoms with Gasteiger partial charge in [-0.2, -0.15) is 0 Å². The Balaban J connectivity index is 1.68. The first-order valence-electron chi connectivity index (χ1n) is 8.63. The van der Waals surface area contributed by atoms with E-state index in [1.807, 2.05) is 6.92 Å². The Morgan fingerprint density at radius 1 is 1.43 bits per heavy atom. The number of esters is 1. The number of nitrogens with zero attached hydrogens (tertiary/aromatic N) is 1. The summed E-state index contributed by atoms with van der Waals surface area (Å²) in [5.41, 5.74) is 2.05. The third kappa shape index (κ3) is 2.65. The summed E-state index contributed by atoms with van der Waals surface area (Å²) in [6.07, 6.45) is 8.37. The van der Waals surface area contributed by atoms with E-state index in [-0.39, 0.29) is 12.0 Å². The molecule has 0 aromatic carbocycles. The van der Waals surface area contributed by atoms with Gasteiger partial charge in [0, 0.05) is 6.54 Å². The van der Waals surface area contributed by atoms with Crippen molar-refractivity contribution < 1.29 is 9.53 Å². The van der Waals surface area contributed by atoms with E-state index in [1.54, 1.807) is 5.57 Å². The van der Waals surface area contributed by atoms with Crippen molar-refractivity contribution in [3.63, 3.8) is 0 Å². The summed E-state index contributed by atoms with van der Waals surface area (Å²) in [4.78, 5) is 14.6. The number of carbonyl (C=O) groups is 1. The molecule has 1 heterocycles. The van der Waals surface area contributed by atoms with E-state index in [2.05, 4.69) is 24.8 Å². The quantitative estimate of drug-likeness (QED) is 0.587. The predicted molar refractivity (Wildman–Crippen MR) is 83.9 cm³/mol. The van der Waals surface area contributed by atoms with E-state index in [0.717, 1.165) is 37.8 Å². The monoisotopic (exact) mass is 291 g/mol. The van der Waals surface area contributed by atoms with Gasteiger partial charge in [0.25, 0.3) is 0 Å². The molecule has 0 aromatic rings. The molecule has 0 N–H and O–H groups in total. The van der Waals surface area contributed by atoms with Gasteiger partial charge in [-0.05, 0) is 56.4 Å². The number of likely N-dealkylation sites (tertiary alicyclic amines) is 1. The lowest BCUT2D eigenvalue weighted by molar-refractivity contribution is -0.150. The number of carbonyl (C=O) groups excluding carboxylic acids is 1. The number of rotatable bonds is 4. The normalized spacial score (nSPS) is 34.8. The summed E-state index contributed by atoms with van der Waals surface area (Å²) in [6, 6.07) is -0.0134. The number of hydrogen-bond donors (Lipinski definition) is 0. The topological polar surface area (TPSA) is 29.5 Å². The van der Waals surface area contributed by atoms with Crippen molar-refractivity contribution >= 4 is 5.97 Å². The molecule has 1 saturated heterocycles. The van der Waals surface area contributed by atoms with Crippen LogP contribution in [-0.2, 0) is 9.53 Å². The highest BCUT2D eigenvalue weighted by Gasteiger charge is 2.51. The van der Waals surface area contributed by atoms with Gasteiger partial charge < -0.3 is 4.74 Å². The van der Waals surface area contributed by atoms with Crippen molar-refractivity contribution in [1.29, 1.82) is 0 Å². The average Bonchev–Trinajstić information content (AvgIpc) is 2.48. The van der Waals surface area contributed by atoms with E-state index >= 15 is 0 Å². The fourth-order valence-corrected chi connectivity index (χ4v) is 4.58. The smallest absolute Gasteiger partial charge is 0.323 e. The second-order valence-corrected chi connectivity index (χ2v) is 7.56. The van der Waals surface area contributed by atoms with Gasteiger partial charge in [-0.15, -0.1) is 0 Å². The van der Waals surface area contributed by atoms with Crippen LogP contribution in [0.3, 0.4) is 0 Å².